The lowest BCUT2D eigenvalue weighted by atomic mass is 9.95. The van der Waals surface area contributed by atoms with Gasteiger partial charge in [0.05, 0.1) is 47.0 Å². The Kier molecular flexibility index (Phi) is 7.59. The number of pyridine rings is 1. The number of fused-ring (bicyclic) bond motifs is 17. The lowest BCUT2D eigenvalue weighted by Crippen LogP contribution is -2.31. The molecular formula is C72H44N4O. The van der Waals surface area contributed by atoms with E-state index in [4.69, 9.17) is 17.9 Å². The van der Waals surface area contributed by atoms with E-state index in [2.05, 4.69) is 120 Å². The van der Waals surface area contributed by atoms with Crippen molar-refractivity contribution in [1.82, 2.24) is 13.8 Å². The molecule has 0 fully saturated rings. The van der Waals surface area contributed by atoms with Crippen LogP contribution in [-0.2, 0) is 0 Å². The second-order valence-corrected chi connectivity index (χ2v) is 19.2. The van der Waals surface area contributed by atoms with Crippen molar-refractivity contribution >= 4 is 109 Å². The molecule has 0 bridgehead atoms. The minimum Gasteiger partial charge on any atom is -0.458 e. The Bertz CT molecular complexity index is 5690. The van der Waals surface area contributed by atoms with Crippen molar-refractivity contribution in [3.05, 3.63) is 273 Å². The molecule has 0 N–H and O–H groups in total. The summed E-state index contributed by atoms with van der Waals surface area (Å²) in [6.45, 7) is 0. The number of hydrogen-bond acceptors (Lipinski definition) is 2. The van der Waals surface area contributed by atoms with Crippen molar-refractivity contribution in [2.75, 3.05) is 0 Å². The average Bonchev–Trinajstić information content (AvgIpc) is 1.91. The lowest BCUT2D eigenvalue weighted by molar-refractivity contribution is -0.570. The van der Waals surface area contributed by atoms with Gasteiger partial charge in [-0.1, -0.05) is 218 Å². The lowest BCUT2D eigenvalue weighted by Gasteiger charge is -2.17. The van der Waals surface area contributed by atoms with Gasteiger partial charge in [-0.05, 0) is 113 Å². The summed E-state index contributed by atoms with van der Waals surface area (Å²) in [6.07, 6.45) is 5.54. The maximum absolute atomic E-state index is 9.33. The molecule has 16 rings (SSSR count). The molecular weight excluding hydrogens is 937 g/mol. The molecule has 0 aliphatic heterocycles. The molecule has 5 nitrogen and oxygen atoms in total. The minimum absolute atomic E-state index is 0.143. The summed E-state index contributed by atoms with van der Waals surface area (Å²) in [7, 11) is 0. The summed E-state index contributed by atoms with van der Waals surface area (Å²) < 4.78 is 103. The van der Waals surface area contributed by atoms with Crippen LogP contribution in [0.3, 0.4) is 0 Å². The van der Waals surface area contributed by atoms with Gasteiger partial charge < -0.3 is 4.74 Å². The first-order chi connectivity index (χ1) is 42.4. The van der Waals surface area contributed by atoms with E-state index < -0.39 is 60.4 Å². The maximum Gasteiger partial charge on any atom is 0.269 e. The Morgan fingerprint density at radius 1 is 0.390 bits per heavy atom. The summed E-state index contributed by atoms with van der Waals surface area (Å²) in [6, 6.07) is 61.5. The summed E-state index contributed by atoms with van der Waals surface area (Å²) in [5.41, 5.74) is 4.70. The SMILES string of the molecule is [2H]c1c([2H])c([2H])c(-c2cccc(-c3c([2H])c([2H])c([2H])c([2H])c3[2H])c2-[n+]2[c-]n3c4cc(Oc5ccc6c7cccc8c9ccccc9c9ccccc9c9cccnc9n(c6c5)c87)ccc4c4ccccc4c4ccccc4c4cccc2c43)c([2H])c1[2H]. The number of imidazole rings is 1. The van der Waals surface area contributed by atoms with E-state index in [9.17, 15) is 5.48 Å². The van der Waals surface area contributed by atoms with Crippen LogP contribution >= 0.6 is 0 Å². The number of hydrogen-bond donors (Lipinski definition) is 0. The van der Waals surface area contributed by atoms with Crippen molar-refractivity contribution in [3.8, 4) is 39.4 Å². The van der Waals surface area contributed by atoms with Gasteiger partial charge in [-0.15, -0.1) is 0 Å². The summed E-state index contributed by atoms with van der Waals surface area (Å²) >= 11 is 0. The van der Waals surface area contributed by atoms with Crippen LogP contribution in [0.2, 0.25) is 0 Å². The van der Waals surface area contributed by atoms with E-state index in [1.807, 2.05) is 83.4 Å². The molecule has 5 heterocycles. The third kappa shape index (κ3) is 6.60. The highest BCUT2D eigenvalue weighted by Crippen LogP contribution is 2.42. The van der Waals surface area contributed by atoms with E-state index in [-0.39, 0.29) is 27.9 Å². The zero-order valence-electron chi connectivity index (χ0n) is 50.8. The quantitative estimate of drug-likeness (QED) is 0.127. The highest BCUT2D eigenvalue weighted by atomic mass is 16.5. The maximum atomic E-state index is 9.33. The van der Waals surface area contributed by atoms with Gasteiger partial charge in [0.2, 0.25) is 0 Å². The van der Waals surface area contributed by atoms with Crippen LogP contribution in [0.15, 0.2) is 267 Å². The zero-order chi connectivity index (χ0) is 59.3. The molecule has 5 aromatic heterocycles. The molecule has 0 atom stereocenters. The van der Waals surface area contributed by atoms with Crippen LogP contribution < -0.4 is 9.30 Å². The Morgan fingerprint density at radius 3 is 1.39 bits per heavy atom. The molecule has 358 valence electrons. The summed E-state index contributed by atoms with van der Waals surface area (Å²) in [5, 5.41) is 13.9. The van der Waals surface area contributed by atoms with E-state index in [1.165, 1.54) is 0 Å². The van der Waals surface area contributed by atoms with E-state index in [0.29, 0.717) is 28.0 Å². The van der Waals surface area contributed by atoms with Crippen molar-refractivity contribution in [3.63, 3.8) is 0 Å². The summed E-state index contributed by atoms with van der Waals surface area (Å²) in [5.74, 6) is 1.05. The molecule has 0 aliphatic carbocycles. The van der Waals surface area contributed by atoms with Gasteiger partial charge in [0, 0.05) is 33.8 Å². The largest absolute Gasteiger partial charge is 0.458 e. The fourth-order valence-electron chi connectivity index (χ4n) is 11.9. The number of para-hydroxylation sites is 3. The second kappa shape index (κ2) is 17.1. The Balaban J connectivity index is 1.02. The van der Waals surface area contributed by atoms with Crippen molar-refractivity contribution in [2.24, 2.45) is 0 Å². The highest BCUT2D eigenvalue weighted by molar-refractivity contribution is 6.25. The molecule has 77 heavy (non-hydrogen) atoms. The highest BCUT2D eigenvalue weighted by Gasteiger charge is 2.22. The third-order valence-electron chi connectivity index (χ3n) is 15.1. The topological polar surface area (TPSA) is 34.8 Å². The predicted molar refractivity (Wildman–Crippen MR) is 319 cm³/mol. The molecule has 16 aromatic rings. The monoisotopic (exact) mass is 990 g/mol. The van der Waals surface area contributed by atoms with Crippen molar-refractivity contribution < 1.29 is 23.0 Å². The average molecular weight is 991 g/mol. The number of aromatic nitrogens is 4. The zero-order valence-corrected chi connectivity index (χ0v) is 40.8. The van der Waals surface area contributed by atoms with Gasteiger partial charge in [-0.2, -0.15) is 0 Å². The molecule has 0 unspecified atom stereocenters. The first kappa shape index (κ1) is 34.2. The first-order valence-electron chi connectivity index (χ1n) is 30.4. The molecule has 0 spiro atoms. The first-order valence-corrected chi connectivity index (χ1v) is 25.4. The van der Waals surface area contributed by atoms with E-state index in [0.717, 1.165) is 92.1 Å². The van der Waals surface area contributed by atoms with E-state index >= 15 is 0 Å². The minimum atomic E-state index is -0.577. The number of ether oxygens (including phenoxy) is 1. The van der Waals surface area contributed by atoms with Crippen LogP contribution in [0.5, 0.6) is 11.5 Å². The standard InChI is InChI=1S/C72H44N4O/c1-3-19-46(20-4-1)50-31-15-32-51(47-21-5-2-6-22-47)69(50)74-45-75-67-43-48(38-40-60(67)56-27-11-7-23-52(56)53-24-9-13-29-58(53)63-35-17-37-66(74)71(63)75)77-49-39-41-61-64-34-16-33-62-57-28-12-8-25-54(57)55-26-10-14-30-59(55)65-36-18-42-73-72(65)76(70(62)64)68(61)44-49/h1-44H/i1D,2D,3D,4D,5D,6D,19D,20D,21D,22D. The van der Waals surface area contributed by atoms with Crippen molar-refractivity contribution in [1.29, 1.82) is 0 Å². The Labute approximate surface area is 456 Å². The molecule has 0 saturated carbocycles. The summed E-state index contributed by atoms with van der Waals surface area (Å²) in [4.78, 5) is 5.16. The smallest absolute Gasteiger partial charge is 0.269 e. The molecule has 0 amide bonds. The fourth-order valence-corrected chi connectivity index (χ4v) is 11.9. The molecule has 11 aromatic carbocycles. The predicted octanol–water partition coefficient (Wildman–Crippen LogP) is 18.3. The van der Waals surface area contributed by atoms with Crippen LogP contribution in [0.1, 0.15) is 13.7 Å². The van der Waals surface area contributed by atoms with Gasteiger partial charge in [-0.25, -0.2) is 4.98 Å². The van der Waals surface area contributed by atoms with Crippen LogP contribution in [0, 0.1) is 6.33 Å². The fraction of sp³-hybridized carbons (Fsp3) is 0. The Morgan fingerprint density at radius 2 is 0.818 bits per heavy atom. The third-order valence-corrected chi connectivity index (χ3v) is 15.1. The van der Waals surface area contributed by atoms with E-state index in [1.54, 1.807) is 22.8 Å². The number of rotatable bonds is 5. The van der Waals surface area contributed by atoms with Gasteiger partial charge in [-0.3, -0.25) is 13.4 Å². The second-order valence-electron chi connectivity index (χ2n) is 19.2. The van der Waals surface area contributed by atoms with Crippen molar-refractivity contribution in [2.45, 2.75) is 0 Å². The van der Waals surface area contributed by atoms with Crippen LogP contribution in [0.25, 0.3) is 137 Å². The van der Waals surface area contributed by atoms with Gasteiger partial charge in [0.15, 0.2) is 0 Å². The molecule has 5 heteroatoms. The van der Waals surface area contributed by atoms with Crippen LogP contribution in [0.4, 0.5) is 0 Å². The van der Waals surface area contributed by atoms with Gasteiger partial charge in [0.1, 0.15) is 17.1 Å². The number of benzene rings is 11. The van der Waals surface area contributed by atoms with Crippen LogP contribution in [-0.4, -0.2) is 13.8 Å². The van der Waals surface area contributed by atoms with Gasteiger partial charge >= 0.3 is 0 Å². The molecule has 0 aliphatic rings. The normalized spacial score (nSPS) is 13.7. The molecule has 0 saturated heterocycles. The Hall–Kier alpha value is -10.4. The van der Waals surface area contributed by atoms with Gasteiger partial charge in [0.25, 0.3) is 6.33 Å². The molecule has 0 radical (unpaired) electrons. The number of nitrogens with zero attached hydrogens (tertiary/aromatic N) is 4.